The van der Waals surface area contributed by atoms with Crippen LogP contribution in [-0.4, -0.2) is 88.3 Å². The predicted octanol–water partition coefficient (Wildman–Crippen LogP) is -2.91. The molecule has 0 aliphatic carbocycles. The Kier molecular flexibility index (Phi) is 12.6. The Balaban J connectivity index is 5.02. The molecule has 3 amide bonds. The fourth-order valence-electron chi connectivity index (χ4n) is 2.02. The molecular formula is C15H26N4O8S. The maximum atomic E-state index is 12.3. The van der Waals surface area contributed by atoms with Crippen LogP contribution < -0.4 is 21.7 Å². The molecule has 0 radical (unpaired) electrons. The topological polar surface area (TPSA) is 208 Å². The highest BCUT2D eigenvalue weighted by atomic mass is 32.2. The number of hydrogen-bond acceptors (Lipinski definition) is 8. The van der Waals surface area contributed by atoms with E-state index in [4.69, 9.17) is 15.9 Å². The van der Waals surface area contributed by atoms with Gasteiger partial charge < -0.3 is 37.0 Å². The third-order valence-corrected chi connectivity index (χ3v) is 4.17. The number of thioether (sulfide) groups is 1. The molecule has 0 saturated carbocycles. The van der Waals surface area contributed by atoms with Crippen LogP contribution in [-0.2, 0) is 24.0 Å². The first kappa shape index (κ1) is 25.6. The molecule has 28 heavy (non-hydrogen) atoms. The van der Waals surface area contributed by atoms with Crippen LogP contribution in [0.5, 0.6) is 0 Å². The Morgan fingerprint density at radius 2 is 1.50 bits per heavy atom. The lowest BCUT2D eigenvalue weighted by Crippen LogP contribution is -2.57. The molecule has 0 aromatic heterocycles. The second-order valence-electron chi connectivity index (χ2n) is 5.68. The van der Waals surface area contributed by atoms with E-state index >= 15 is 0 Å². The maximum Gasteiger partial charge on any atom is 0.326 e. The molecule has 0 spiro atoms. The number of nitrogens with two attached hydrogens (primary N) is 1. The molecule has 3 atom stereocenters. The molecule has 0 rings (SSSR count). The molecule has 0 aromatic carbocycles. The molecule has 13 heteroatoms. The number of amides is 3. The molecule has 0 bridgehead atoms. The van der Waals surface area contributed by atoms with Crippen molar-refractivity contribution in [2.45, 2.75) is 37.4 Å². The largest absolute Gasteiger partial charge is 0.481 e. The van der Waals surface area contributed by atoms with Gasteiger partial charge in [0.15, 0.2) is 0 Å². The van der Waals surface area contributed by atoms with E-state index in [0.717, 1.165) is 0 Å². The number of hydrogen-bond donors (Lipinski definition) is 7. The molecule has 0 saturated heterocycles. The van der Waals surface area contributed by atoms with E-state index in [0.29, 0.717) is 5.75 Å². The number of aliphatic carboxylic acids is 2. The number of aliphatic hydroxyl groups is 1. The second-order valence-corrected chi connectivity index (χ2v) is 6.67. The Morgan fingerprint density at radius 1 is 0.929 bits per heavy atom. The van der Waals surface area contributed by atoms with Crippen LogP contribution >= 0.6 is 11.8 Å². The number of carbonyl (C=O) groups excluding carboxylic acids is 3. The van der Waals surface area contributed by atoms with E-state index in [9.17, 15) is 29.1 Å². The first-order valence-electron chi connectivity index (χ1n) is 8.30. The minimum absolute atomic E-state index is 0.245. The molecule has 0 fully saturated rings. The lowest BCUT2D eigenvalue weighted by atomic mass is 10.1. The van der Waals surface area contributed by atoms with Crippen molar-refractivity contribution in [1.29, 1.82) is 0 Å². The molecule has 0 aliphatic heterocycles. The van der Waals surface area contributed by atoms with Crippen LogP contribution in [0.3, 0.4) is 0 Å². The Morgan fingerprint density at radius 3 is 1.96 bits per heavy atom. The third kappa shape index (κ3) is 10.1. The van der Waals surface area contributed by atoms with Crippen molar-refractivity contribution >= 4 is 41.4 Å². The van der Waals surface area contributed by atoms with E-state index in [1.807, 2.05) is 0 Å². The van der Waals surface area contributed by atoms with Crippen LogP contribution in [0.15, 0.2) is 0 Å². The van der Waals surface area contributed by atoms with E-state index in [2.05, 4.69) is 16.0 Å². The molecular weight excluding hydrogens is 396 g/mol. The summed E-state index contributed by atoms with van der Waals surface area (Å²) in [6, 6.07) is -3.97. The fraction of sp³-hybridized carbons (Fsp3) is 0.667. The van der Waals surface area contributed by atoms with Crippen molar-refractivity contribution in [3.63, 3.8) is 0 Å². The van der Waals surface area contributed by atoms with Crippen LogP contribution in [0, 0.1) is 0 Å². The molecule has 0 aromatic rings. The summed E-state index contributed by atoms with van der Waals surface area (Å²) < 4.78 is 0. The van der Waals surface area contributed by atoms with Gasteiger partial charge in [0.2, 0.25) is 17.7 Å². The summed E-state index contributed by atoms with van der Waals surface area (Å²) in [6.07, 6.45) is 1.18. The van der Waals surface area contributed by atoms with Crippen molar-refractivity contribution < 1.29 is 39.3 Å². The number of rotatable bonds is 14. The van der Waals surface area contributed by atoms with Crippen molar-refractivity contribution in [3.05, 3.63) is 0 Å². The minimum atomic E-state index is -1.50. The SMILES string of the molecule is CSCCC(NC(=O)CN)C(=O)NC(CO)C(=O)NC(CCC(=O)O)C(=O)O. The van der Waals surface area contributed by atoms with Gasteiger partial charge in [0, 0.05) is 6.42 Å². The van der Waals surface area contributed by atoms with Gasteiger partial charge >= 0.3 is 11.9 Å². The van der Waals surface area contributed by atoms with Crippen molar-refractivity contribution in [2.75, 3.05) is 25.2 Å². The standard InChI is InChI=1S/C15H26N4O8S/c1-28-5-4-8(17-11(21)6-16)13(24)19-10(7-20)14(25)18-9(15(26)27)2-3-12(22)23/h8-10,20H,2-7,16H2,1H3,(H,17,21)(H,18,25)(H,19,24)(H,22,23)(H,26,27). The zero-order valence-electron chi connectivity index (χ0n) is 15.3. The average Bonchev–Trinajstić information content (AvgIpc) is 2.65. The van der Waals surface area contributed by atoms with Gasteiger partial charge in [-0.2, -0.15) is 11.8 Å². The van der Waals surface area contributed by atoms with Gasteiger partial charge in [0.25, 0.3) is 0 Å². The summed E-state index contributed by atoms with van der Waals surface area (Å²) >= 11 is 1.43. The summed E-state index contributed by atoms with van der Waals surface area (Å²) in [6.45, 7) is -1.17. The fourth-order valence-corrected chi connectivity index (χ4v) is 2.49. The zero-order chi connectivity index (χ0) is 21.7. The van der Waals surface area contributed by atoms with Gasteiger partial charge in [0.1, 0.15) is 18.1 Å². The number of carboxylic acid groups (broad SMARTS) is 2. The first-order chi connectivity index (χ1) is 13.2. The van der Waals surface area contributed by atoms with Gasteiger partial charge in [-0.1, -0.05) is 0 Å². The molecule has 160 valence electrons. The molecule has 8 N–H and O–H groups in total. The summed E-state index contributed by atoms with van der Waals surface area (Å²) in [5.41, 5.74) is 5.21. The molecule has 0 heterocycles. The van der Waals surface area contributed by atoms with Crippen molar-refractivity contribution in [1.82, 2.24) is 16.0 Å². The molecule has 3 unspecified atom stereocenters. The normalized spacial score (nSPS) is 13.7. The van der Waals surface area contributed by atoms with Crippen molar-refractivity contribution in [2.24, 2.45) is 5.73 Å². The Hall–Kier alpha value is -2.38. The average molecular weight is 422 g/mol. The Labute approximate surface area is 165 Å². The van der Waals surface area contributed by atoms with Gasteiger partial charge in [-0.05, 0) is 24.9 Å². The maximum absolute atomic E-state index is 12.3. The van der Waals surface area contributed by atoms with Gasteiger partial charge in [-0.3, -0.25) is 19.2 Å². The third-order valence-electron chi connectivity index (χ3n) is 3.52. The highest BCUT2D eigenvalue weighted by Gasteiger charge is 2.29. The number of aliphatic hydroxyl groups excluding tert-OH is 1. The van der Waals surface area contributed by atoms with E-state index in [1.54, 1.807) is 6.26 Å². The summed E-state index contributed by atoms with van der Waals surface area (Å²) in [5, 5.41) is 33.8. The van der Waals surface area contributed by atoms with E-state index in [-0.39, 0.29) is 19.4 Å². The van der Waals surface area contributed by atoms with Crippen LogP contribution in [0.2, 0.25) is 0 Å². The number of carbonyl (C=O) groups is 5. The molecule has 12 nitrogen and oxygen atoms in total. The lowest BCUT2D eigenvalue weighted by Gasteiger charge is -2.23. The number of carboxylic acids is 2. The van der Waals surface area contributed by atoms with Crippen molar-refractivity contribution in [3.8, 4) is 0 Å². The minimum Gasteiger partial charge on any atom is -0.481 e. The molecule has 0 aliphatic rings. The number of nitrogens with one attached hydrogen (secondary N) is 3. The zero-order valence-corrected chi connectivity index (χ0v) is 16.2. The summed E-state index contributed by atoms with van der Waals surface area (Å²) in [7, 11) is 0. The van der Waals surface area contributed by atoms with Gasteiger partial charge in [0.05, 0.1) is 13.2 Å². The summed E-state index contributed by atoms with van der Waals surface area (Å²) in [5.74, 6) is -4.49. The predicted molar refractivity (Wildman–Crippen MR) is 99.4 cm³/mol. The smallest absolute Gasteiger partial charge is 0.326 e. The van der Waals surface area contributed by atoms with E-state index < -0.39 is 60.8 Å². The monoisotopic (exact) mass is 422 g/mol. The lowest BCUT2D eigenvalue weighted by molar-refractivity contribution is -0.143. The quantitative estimate of drug-likeness (QED) is 0.152. The van der Waals surface area contributed by atoms with Gasteiger partial charge in [-0.15, -0.1) is 0 Å². The highest BCUT2D eigenvalue weighted by Crippen LogP contribution is 2.03. The second kappa shape index (κ2) is 13.7. The van der Waals surface area contributed by atoms with Crippen LogP contribution in [0.25, 0.3) is 0 Å². The highest BCUT2D eigenvalue weighted by molar-refractivity contribution is 7.98. The summed E-state index contributed by atoms with van der Waals surface area (Å²) in [4.78, 5) is 57.7. The van der Waals surface area contributed by atoms with Gasteiger partial charge in [-0.25, -0.2) is 4.79 Å². The van der Waals surface area contributed by atoms with Crippen LogP contribution in [0.1, 0.15) is 19.3 Å². The Bertz CT molecular complexity index is 574. The first-order valence-corrected chi connectivity index (χ1v) is 9.70. The van der Waals surface area contributed by atoms with Crippen LogP contribution in [0.4, 0.5) is 0 Å². The van der Waals surface area contributed by atoms with E-state index in [1.165, 1.54) is 11.8 Å².